The van der Waals surface area contributed by atoms with E-state index in [1.165, 1.54) is 7.11 Å². The van der Waals surface area contributed by atoms with E-state index in [-0.39, 0.29) is 26.2 Å². The summed E-state index contributed by atoms with van der Waals surface area (Å²) in [7, 11) is 1.38. The first-order valence-corrected chi connectivity index (χ1v) is 4.42. The third-order valence-electron chi connectivity index (χ3n) is 1.66. The minimum absolute atomic E-state index is 0.0525. The highest BCUT2D eigenvalue weighted by molar-refractivity contribution is 5.49. The van der Waals surface area contributed by atoms with Crippen molar-refractivity contribution in [2.75, 3.05) is 26.9 Å². The molecule has 0 rings (SSSR count). The molecule has 0 aromatic heterocycles. The van der Waals surface area contributed by atoms with Gasteiger partial charge in [0.1, 0.15) is 6.29 Å². The SMILES string of the molecule is CONC(C[OH2+])(COCCC=O)NC=O. The predicted octanol–water partition coefficient (Wildman–Crippen LogP) is -2.09. The van der Waals surface area contributed by atoms with Crippen molar-refractivity contribution in [3.8, 4) is 0 Å². The van der Waals surface area contributed by atoms with Crippen molar-refractivity contribution in [1.29, 1.82) is 0 Å². The van der Waals surface area contributed by atoms with Crippen molar-refractivity contribution in [1.82, 2.24) is 10.8 Å². The molecule has 88 valence electrons. The lowest BCUT2D eigenvalue weighted by Gasteiger charge is -2.28. The summed E-state index contributed by atoms with van der Waals surface area (Å²) in [4.78, 5) is 25.0. The van der Waals surface area contributed by atoms with Crippen molar-refractivity contribution >= 4 is 12.7 Å². The number of rotatable bonds is 10. The maximum atomic E-state index is 10.3. The van der Waals surface area contributed by atoms with Crippen LogP contribution >= 0.6 is 0 Å². The van der Waals surface area contributed by atoms with E-state index >= 15 is 0 Å². The Bertz CT molecular complexity index is 190. The Balaban J connectivity index is 4.07. The van der Waals surface area contributed by atoms with Gasteiger partial charge in [-0.3, -0.25) is 4.79 Å². The molecule has 0 aliphatic carbocycles. The zero-order valence-electron chi connectivity index (χ0n) is 8.62. The van der Waals surface area contributed by atoms with E-state index in [2.05, 4.69) is 15.6 Å². The number of ether oxygens (including phenoxy) is 1. The highest BCUT2D eigenvalue weighted by Crippen LogP contribution is 1.99. The van der Waals surface area contributed by atoms with Gasteiger partial charge < -0.3 is 24.8 Å². The van der Waals surface area contributed by atoms with Crippen LogP contribution in [0.15, 0.2) is 0 Å². The van der Waals surface area contributed by atoms with Crippen molar-refractivity contribution in [2.45, 2.75) is 12.1 Å². The Labute approximate surface area is 87.7 Å². The Morgan fingerprint density at radius 2 is 2.20 bits per heavy atom. The highest BCUT2D eigenvalue weighted by Gasteiger charge is 2.32. The molecule has 0 aliphatic heterocycles. The average Bonchev–Trinajstić information content (AvgIpc) is 2.25. The number of nitrogens with one attached hydrogen (secondary N) is 2. The van der Waals surface area contributed by atoms with Crippen molar-refractivity contribution in [3.63, 3.8) is 0 Å². The summed E-state index contributed by atoms with van der Waals surface area (Å²) >= 11 is 0. The molecule has 0 aromatic carbocycles. The van der Waals surface area contributed by atoms with Crippen LogP contribution in [0.4, 0.5) is 0 Å². The first-order valence-electron chi connectivity index (χ1n) is 4.42. The summed E-state index contributed by atoms with van der Waals surface area (Å²) in [5.41, 5.74) is 1.41. The molecule has 0 spiro atoms. The van der Waals surface area contributed by atoms with Crippen molar-refractivity contribution in [2.24, 2.45) is 0 Å². The van der Waals surface area contributed by atoms with E-state index in [9.17, 15) is 9.59 Å². The fourth-order valence-electron chi connectivity index (χ4n) is 0.925. The molecule has 0 saturated carbocycles. The lowest BCUT2D eigenvalue weighted by Crippen LogP contribution is -2.62. The van der Waals surface area contributed by atoms with Crippen LogP contribution in [-0.2, 0) is 19.2 Å². The number of aldehydes is 1. The molecule has 15 heavy (non-hydrogen) atoms. The summed E-state index contributed by atoms with van der Waals surface area (Å²) in [6.45, 7) is 0.148. The average molecular weight is 221 g/mol. The molecule has 1 unspecified atom stereocenters. The zero-order valence-corrected chi connectivity index (χ0v) is 8.62. The van der Waals surface area contributed by atoms with E-state index in [0.717, 1.165) is 6.29 Å². The molecule has 7 heteroatoms. The summed E-state index contributed by atoms with van der Waals surface area (Å²) in [5.74, 6) is 0. The van der Waals surface area contributed by atoms with Crippen LogP contribution in [0.3, 0.4) is 0 Å². The van der Waals surface area contributed by atoms with Gasteiger partial charge in [0.15, 0.2) is 6.61 Å². The highest BCUT2D eigenvalue weighted by atomic mass is 16.6. The molecule has 4 N–H and O–H groups in total. The van der Waals surface area contributed by atoms with Crippen molar-refractivity contribution in [3.05, 3.63) is 0 Å². The predicted molar refractivity (Wildman–Crippen MR) is 52.1 cm³/mol. The topological polar surface area (TPSA) is 99.6 Å². The third-order valence-corrected chi connectivity index (χ3v) is 1.66. The Morgan fingerprint density at radius 1 is 1.47 bits per heavy atom. The number of hydrogen-bond acceptors (Lipinski definition) is 5. The van der Waals surface area contributed by atoms with Crippen LogP contribution in [0.1, 0.15) is 6.42 Å². The molecule has 0 heterocycles. The van der Waals surface area contributed by atoms with E-state index < -0.39 is 5.66 Å². The molecule has 0 fully saturated rings. The summed E-state index contributed by atoms with van der Waals surface area (Å²) < 4.78 is 5.12. The second kappa shape index (κ2) is 8.30. The van der Waals surface area contributed by atoms with Gasteiger partial charge in [0, 0.05) is 6.42 Å². The first kappa shape index (κ1) is 14.0. The molecular formula is C8H17N2O5+. The van der Waals surface area contributed by atoms with E-state index in [1.54, 1.807) is 0 Å². The third kappa shape index (κ3) is 5.43. The molecule has 0 saturated heterocycles. The van der Waals surface area contributed by atoms with Gasteiger partial charge >= 0.3 is 0 Å². The van der Waals surface area contributed by atoms with Crippen molar-refractivity contribution < 1.29 is 24.3 Å². The number of carbonyl (C=O) groups excluding carboxylic acids is 2. The molecule has 1 amide bonds. The molecule has 0 aliphatic rings. The quantitative estimate of drug-likeness (QED) is 0.145. The normalized spacial score (nSPS) is 14.3. The Morgan fingerprint density at radius 3 is 2.67 bits per heavy atom. The van der Waals surface area contributed by atoms with E-state index in [4.69, 9.17) is 9.84 Å². The van der Waals surface area contributed by atoms with Gasteiger partial charge in [-0.2, -0.15) is 5.48 Å². The van der Waals surface area contributed by atoms with Crippen LogP contribution in [-0.4, -0.2) is 50.4 Å². The lowest BCUT2D eigenvalue weighted by molar-refractivity contribution is -0.121. The standard InChI is InChI=1S/C8H16N2O5/c1-14-10-8(5-12,9-7-13)6-15-4-2-3-11/h3,7,10,12H,2,4-6H2,1H3,(H,9,13)/p+1. The molecule has 0 bridgehead atoms. The minimum atomic E-state index is -1.07. The fraction of sp³-hybridized carbons (Fsp3) is 0.750. The van der Waals surface area contributed by atoms with E-state index in [1.807, 2.05) is 0 Å². The second-order valence-corrected chi connectivity index (χ2v) is 2.84. The molecule has 1 atom stereocenters. The number of carbonyl (C=O) groups is 2. The van der Waals surface area contributed by atoms with Crippen LogP contribution < -0.4 is 10.8 Å². The summed E-state index contributed by atoms with van der Waals surface area (Å²) in [6.07, 6.45) is 1.48. The van der Waals surface area contributed by atoms with Gasteiger partial charge in [-0.15, -0.1) is 0 Å². The van der Waals surface area contributed by atoms with Gasteiger partial charge in [0.25, 0.3) is 0 Å². The Kier molecular flexibility index (Phi) is 7.74. The number of hydroxylamine groups is 1. The molecule has 0 radical (unpaired) electrons. The number of amides is 1. The van der Waals surface area contributed by atoms with Crippen LogP contribution in [0.5, 0.6) is 0 Å². The summed E-state index contributed by atoms with van der Waals surface area (Å²) in [5, 5.41) is 9.69. The molecule has 7 nitrogen and oxygen atoms in total. The van der Waals surface area contributed by atoms with Gasteiger partial charge in [0.05, 0.1) is 20.3 Å². The number of hydrogen-bond donors (Lipinski definition) is 2. The van der Waals surface area contributed by atoms with Crippen LogP contribution in [0.2, 0.25) is 0 Å². The van der Waals surface area contributed by atoms with Crippen LogP contribution in [0.25, 0.3) is 0 Å². The maximum absolute atomic E-state index is 10.3. The lowest BCUT2D eigenvalue weighted by atomic mass is 10.2. The molecule has 0 aromatic rings. The minimum Gasteiger partial charge on any atom is -0.443 e. The van der Waals surface area contributed by atoms with Gasteiger partial charge in [0.2, 0.25) is 12.1 Å². The van der Waals surface area contributed by atoms with Gasteiger partial charge in [-0.25, -0.2) is 0 Å². The maximum Gasteiger partial charge on any atom is 0.208 e. The summed E-state index contributed by atoms with van der Waals surface area (Å²) in [6, 6.07) is 0. The van der Waals surface area contributed by atoms with Gasteiger partial charge in [-0.1, -0.05) is 0 Å². The Hall–Kier alpha value is -1.02. The fourth-order valence-corrected chi connectivity index (χ4v) is 0.925. The first-order chi connectivity index (χ1) is 7.24. The van der Waals surface area contributed by atoms with Gasteiger partial charge in [-0.05, 0) is 0 Å². The zero-order chi connectivity index (χ0) is 11.6. The monoisotopic (exact) mass is 221 g/mol. The molecular weight excluding hydrogens is 204 g/mol. The van der Waals surface area contributed by atoms with Crippen LogP contribution in [0, 0.1) is 0 Å². The van der Waals surface area contributed by atoms with E-state index in [0.29, 0.717) is 6.41 Å². The second-order valence-electron chi connectivity index (χ2n) is 2.84. The largest absolute Gasteiger partial charge is 0.443 e. The smallest absolute Gasteiger partial charge is 0.208 e.